The molecule has 0 aliphatic rings. The molecule has 116 valence electrons. The lowest BCUT2D eigenvalue weighted by molar-refractivity contribution is 0.0773. The van der Waals surface area contributed by atoms with Gasteiger partial charge in [-0.15, -0.1) is 0 Å². The maximum atomic E-state index is 13.1. The Morgan fingerprint density at radius 2 is 1.82 bits per heavy atom. The topological polar surface area (TPSA) is 38.8 Å². The summed E-state index contributed by atoms with van der Waals surface area (Å²) in [5, 5.41) is 0. The van der Waals surface area contributed by atoms with Crippen molar-refractivity contribution in [3.05, 3.63) is 59.9 Å². The minimum atomic E-state index is -0.422. The Kier molecular flexibility index (Phi) is 5.36. The van der Waals surface area contributed by atoms with Crippen LogP contribution in [0.2, 0.25) is 0 Å². The van der Waals surface area contributed by atoms with Crippen LogP contribution in [-0.2, 0) is 0 Å². The Hall–Kier alpha value is -2.56. The van der Waals surface area contributed by atoms with Gasteiger partial charge in [-0.05, 0) is 42.5 Å². The Morgan fingerprint density at radius 3 is 2.45 bits per heavy atom. The number of ether oxygens (including phenoxy) is 2. The standard InChI is InChI=1S/C17H18FNO3/c1-19(17(20)13-4-3-5-14(18)12-13)10-11-22-16-8-6-15(21-2)7-9-16/h3-9,12H,10-11H2,1-2H3. The van der Waals surface area contributed by atoms with Gasteiger partial charge in [0.25, 0.3) is 5.91 Å². The van der Waals surface area contributed by atoms with Crippen LogP contribution in [0.25, 0.3) is 0 Å². The van der Waals surface area contributed by atoms with Crippen LogP contribution < -0.4 is 9.47 Å². The van der Waals surface area contributed by atoms with Gasteiger partial charge in [0.2, 0.25) is 0 Å². The van der Waals surface area contributed by atoms with Crippen molar-refractivity contribution in [2.75, 3.05) is 27.3 Å². The van der Waals surface area contributed by atoms with Gasteiger partial charge < -0.3 is 14.4 Å². The fourth-order valence-electron chi connectivity index (χ4n) is 1.92. The number of hydrogen-bond donors (Lipinski definition) is 0. The van der Waals surface area contributed by atoms with Crippen molar-refractivity contribution in [2.45, 2.75) is 0 Å². The normalized spacial score (nSPS) is 10.1. The van der Waals surface area contributed by atoms with E-state index in [0.717, 1.165) is 5.75 Å². The molecule has 0 saturated heterocycles. The molecule has 0 fully saturated rings. The first-order valence-corrected chi connectivity index (χ1v) is 6.88. The molecule has 0 aliphatic heterocycles. The van der Waals surface area contributed by atoms with Gasteiger partial charge in [0.1, 0.15) is 23.9 Å². The average Bonchev–Trinajstić information content (AvgIpc) is 2.54. The largest absolute Gasteiger partial charge is 0.497 e. The van der Waals surface area contributed by atoms with Crippen LogP contribution in [0.15, 0.2) is 48.5 Å². The molecule has 0 N–H and O–H groups in total. The van der Waals surface area contributed by atoms with Crippen molar-refractivity contribution in [1.82, 2.24) is 4.90 Å². The maximum absolute atomic E-state index is 13.1. The number of likely N-dealkylation sites (N-methyl/N-ethyl adjacent to an activating group) is 1. The number of nitrogens with zero attached hydrogens (tertiary/aromatic N) is 1. The fraction of sp³-hybridized carbons (Fsp3) is 0.235. The first kappa shape index (κ1) is 15.8. The van der Waals surface area contributed by atoms with E-state index in [1.165, 1.54) is 23.1 Å². The van der Waals surface area contributed by atoms with Crippen molar-refractivity contribution in [3.8, 4) is 11.5 Å². The maximum Gasteiger partial charge on any atom is 0.253 e. The minimum absolute atomic E-state index is 0.238. The molecule has 1 amide bonds. The van der Waals surface area contributed by atoms with Crippen molar-refractivity contribution >= 4 is 5.91 Å². The van der Waals surface area contributed by atoms with Crippen LogP contribution in [0.1, 0.15) is 10.4 Å². The molecule has 0 unspecified atom stereocenters. The van der Waals surface area contributed by atoms with E-state index in [9.17, 15) is 9.18 Å². The van der Waals surface area contributed by atoms with E-state index >= 15 is 0 Å². The van der Waals surface area contributed by atoms with E-state index in [2.05, 4.69) is 0 Å². The summed E-state index contributed by atoms with van der Waals surface area (Å²) in [6, 6.07) is 12.8. The highest BCUT2D eigenvalue weighted by atomic mass is 19.1. The molecule has 0 bridgehead atoms. The average molecular weight is 303 g/mol. The molecule has 0 atom stereocenters. The highest BCUT2D eigenvalue weighted by molar-refractivity contribution is 5.94. The van der Waals surface area contributed by atoms with Gasteiger partial charge >= 0.3 is 0 Å². The zero-order chi connectivity index (χ0) is 15.9. The van der Waals surface area contributed by atoms with E-state index < -0.39 is 5.82 Å². The molecule has 2 aromatic carbocycles. The number of benzene rings is 2. The van der Waals surface area contributed by atoms with Crippen LogP contribution >= 0.6 is 0 Å². The Labute approximate surface area is 129 Å². The molecular weight excluding hydrogens is 285 g/mol. The first-order chi connectivity index (χ1) is 10.6. The summed E-state index contributed by atoms with van der Waals surface area (Å²) < 4.78 is 23.7. The van der Waals surface area contributed by atoms with Gasteiger partial charge in [0.15, 0.2) is 0 Å². The second-order valence-electron chi connectivity index (χ2n) is 4.76. The SMILES string of the molecule is COc1ccc(OCCN(C)C(=O)c2cccc(F)c2)cc1. The molecule has 22 heavy (non-hydrogen) atoms. The lowest BCUT2D eigenvalue weighted by Crippen LogP contribution is -2.30. The summed E-state index contributed by atoms with van der Waals surface area (Å²) in [4.78, 5) is 13.6. The van der Waals surface area contributed by atoms with Crippen molar-refractivity contribution in [3.63, 3.8) is 0 Å². The molecular formula is C17H18FNO3. The van der Waals surface area contributed by atoms with Crippen molar-refractivity contribution in [1.29, 1.82) is 0 Å². The summed E-state index contributed by atoms with van der Waals surface area (Å²) in [6.45, 7) is 0.755. The lowest BCUT2D eigenvalue weighted by atomic mass is 10.2. The predicted molar refractivity (Wildman–Crippen MR) is 81.8 cm³/mol. The van der Waals surface area contributed by atoms with E-state index in [0.29, 0.717) is 24.5 Å². The molecule has 5 heteroatoms. The van der Waals surface area contributed by atoms with Gasteiger partial charge in [-0.3, -0.25) is 4.79 Å². The van der Waals surface area contributed by atoms with Crippen molar-refractivity contribution < 1.29 is 18.7 Å². The van der Waals surface area contributed by atoms with Crippen LogP contribution in [-0.4, -0.2) is 38.1 Å². The van der Waals surface area contributed by atoms with Gasteiger partial charge in [-0.25, -0.2) is 4.39 Å². The molecule has 0 saturated carbocycles. The Bertz CT molecular complexity index is 628. The van der Waals surface area contributed by atoms with E-state index in [4.69, 9.17) is 9.47 Å². The third-order valence-electron chi connectivity index (χ3n) is 3.17. The van der Waals surface area contributed by atoms with Crippen LogP contribution in [0.5, 0.6) is 11.5 Å². The van der Waals surface area contributed by atoms with Gasteiger partial charge in [-0.2, -0.15) is 0 Å². The summed E-state index contributed by atoms with van der Waals surface area (Å²) >= 11 is 0. The molecule has 0 aromatic heterocycles. The third-order valence-corrected chi connectivity index (χ3v) is 3.17. The Morgan fingerprint density at radius 1 is 1.14 bits per heavy atom. The molecule has 2 rings (SSSR count). The first-order valence-electron chi connectivity index (χ1n) is 6.88. The zero-order valence-corrected chi connectivity index (χ0v) is 12.6. The molecule has 0 heterocycles. The van der Waals surface area contributed by atoms with Crippen LogP contribution in [0.3, 0.4) is 0 Å². The smallest absolute Gasteiger partial charge is 0.253 e. The molecule has 0 radical (unpaired) electrons. The van der Waals surface area contributed by atoms with Gasteiger partial charge in [0.05, 0.1) is 13.7 Å². The number of halogens is 1. The zero-order valence-electron chi connectivity index (χ0n) is 12.6. The second-order valence-corrected chi connectivity index (χ2v) is 4.76. The fourth-order valence-corrected chi connectivity index (χ4v) is 1.92. The second kappa shape index (κ2) is 7.45. The van der Waals surface area contributed by atoms with Gasteiger partial charge in [0, 0.05) is 12.6 Å². The summed E-state index contributed by atoms with van der Waals surface area (Å²) in [7, 11) is 3.26. The summed E-state index contributed by atoms with van der Waals surface area (Å²) in [5.74, 6) is 0.796. The van der Waals surface area contributed by atoms with Crippen molar-refractivity contribution in [2.24, 2.45) is 0 Å². The minimum Gasteiger partial charge on any atom is -0.497 e. The van der Waals surface area contributed by atoms with Crippen LogP contribution in [0, 0.1) is 5.82 Å². The predicted octanol–water partition coefficient (Wildman–Crippen LogP) is 2.99. The third kappa shape index (κ3) is 4.22. The number of carbonyl (C=O) groups is 1. The molecule has 4 nitrogen and oxygen atoms in total. The summed E-state index contributed by atoms with van der Waals surface area (Å²) in [6.07, 6.45) is 0. The van der Waals surface area contributed by atoms with E-state index in [1.807, 2.05) is 0 Å². The number of amides is 1. The Balaban J connectivity index is 1.84. The quantitative estimate of drug-likeness (QED) is 0.823. The highest BCUT2D eigenvalue weighted by Crippen LogP contribution is 2.16. The number of carbonyl (C=O) groups excluding carboxylic acids is 1. The van der Waals surface area contributed by atoms with Crippen LogP contribution in [0.4, 0.5) is 4.39 Å². The van der Waals surface area contributed by atoms with E-state index in [-0.39, 0.29) is 5.91 Å². The number of methoxy groups -OCH3 is 1. The van der Waals surface area contributed by atoms with E-state index in [1.54, 1.807) is 44.5 Å². The molecule has 0 aliphatic carbocycles. The molecule has 0 spiro atoms. The van der Waals surface area contributed by atoms with Gasteiger partial charge in [-0.1, -0.05) is 6.07 Å². The lowest BCUT2D eigenvalue weighted by Gasteiger charge is -2.17. The summed E-state index contributed by atoms with van der Waals surface area (Å²) in [5.41, 5.74) is 0.326. The number of rotatable bonds is 6. The number of hydrogen-bond acceptors (Lipinski definition) is 3. The highest BCUT2D eigenvalue weighted by Gasteiger charge is 2.12. The molecule has 2 aromatic rings. The monoisotopic (exact) mass is 303 g/mol.